The van der Waals surface area contributed by atoms with Crippen LogP contribution in [0.3, 0.4) is 0 Å². The van der Waals surface area contributed by atoms with E-state index in [1.165, 1.54) is 12.1 Å². The summed E-state index contributed by atoms with van der Waals surface area (Å²) in [6.07, 6.45) is 0. The van der Waals surface area contributed by atoms with Gasteiger partial charge in [-0.2, -0.15) is 0 Å². The van der Waals surface area contributed by atoms with Gasteiger partial charge in [0.25, 0.3) is 0 Å². The Morgan fingerprint density at radius 3 is 2.78 bits per heavy atom. The molecule has 0 saturated carbocycles. The van der Waals surface area contributed by atoms with E-state index < -0.39 is 0 Å². The minimum absolute atomic E-state index is 0.277. The summed E-state index contributed by atoms with van der Waals surface area (Å²) in [6, 6.07) is 10.1. The fourth-order valence-electron chi connectivity index (χ4n) is 1.57. The van der Waals surface area contributed by atoms with Crippen LogP contribution in [0.5, 0.6) is 5.75 Å². The van der Waals surface area contributed by atoms with Gasteiger partial charge in [0.1, 0.15) is 18.2 Å². The monoisotopic (exact) mass is 309 g/mol. The number of para-hydroxylation sites is 1. The van der Waals surface area contributed by atoms with Crippen molar-refractivity contribution in [1.29, 1.82) is 0 Å². The first-order chi connectivity index (χ1) is 8.58. The number of hydrogen-bond donors (Lipinski definition) is 1. The zero-order chi connectivity index (χ0) is 13.1. The van der Waals surface area contributed by atoms with Crippen LogP contribution in [-0.2, 0) is 6.61 Å². The Kier molecular flexibility index (Phi) is 3.87. The molecule has 0 amide bonds. The molecular formula is C14H13BrFNO. The largest absolute Gasteiger partial charge is 0.487 e. The molecule has 2 nitrogen and oxygen atoms in total. The van der Waals surface area contributed by atoms with Gasteiger partial charge < -0.3 is 10.5 Å². The van der Waals surface area contributed by atoms with Crippen molar-refractivity contribution < 1.29 is 9.13 Å². The lowest BCUT2D eigenvalue weighted by Gasteiger charge is -2.11. The van der Waals surface area contributed by atoms with E-state index in [1.807, 2.05) is 25.1 Å². The van der Waals surface area contributed by atoms with Crippen molar-refractivity contribution in [3.63, 3.8) is 0 Å². The molecular weight excluding hydrogens is 297 g/mol. The fourth-order valence-corrected chi connectivity index (χ4v) is 2.04. The van der Waals surface area contributed by atoms with E-state index in [0.717, 1.165) is 11.1 Å². The summed E-state index contributed by atoms with van der Waals surface area (Å²) < 4.78 is 19.3. The molecule has 0 heterocycles. The molecule has 18 heavy (non-hydrogen) atoms. The molecule has 2 rings (SSSR count). The van der Waals surface area contributed by atoms with Gasteiger partial charge >= 0.3 is 0 Å². The molecule has 2 aromatic rings. The SMILES string of the molecule is Cc1cccc(OCc2ccc(F)cc2Br)c1N. The summed E-state index contributed by atoms with van der Waals surface area (Å²) in [6.45, 7) is 2.27. The van der Waals surface area contributed by atoms with Crippen LogP contribution in [0.25, 0.3) is 0 Å². The predicted molar refractivity (Wildman–Crippen MR) is 74.0 cm³/mol. The lowest BCUT2D eigenvalue weighted by atomic mass is 10.2. The summed E-state index contributed by atoms with van der Waals surface area (Å²) >= 11 is 3.30. The van der Waals surface area contributed by atoms with Crippen LogP contribution >= 0.6 is 15.9 Å². The number of aryl methyl sites for hydroxylation is 1. The second-order valence-electron chi connectivity index (χ2n) is 4.01. The Morgan fingerprint density at radius 1 is 1.28 bits per heavy atom. The molecule has 2 N–H and O–H groups in total. The Balaban J connectivity index is 2.14. The Labute approximate surface area is 114 Å². The maximum Gasteiger partial charge on any atom is 0.142 e. The van der Waals surface area contributed by atoms with Crippen molar-refractivity contribution >= 4 is 21.6 Å². The van der Waals surface area contributed by atoms with Gasteiger partial charge in [0.15, 0.2) is 0 Å². The first kappa shape index (κ1) is 12.9. The quantitative estimate of drug-likeness (QED) is 0.868. The van der Waals surface area contributed by atoms with Crippen molar-refractivity contribution in [2.45, 2.75) is 13.5 Å². The Hall–Kier alpha value is -1.55. The molecule has 4 heteroatoms. The van der Waals surface area contributed by atoms with E-state index in [0.29, 0.717) is 22.5 Å². The summed E-state index contributed by atoms with van der Waals surface area (Å²) in [7, 11) is 0. The average Bonchev–Trinajstić information content (AvgIpc) is 2.33. The van der Waals surface area contributed by atoms with Gasteiger partial charge in [-0.1, -0.05) is 34.1 Å². The third-order valence-electron chi connectivity index (χ3n) is 2.68. The zero-order valence-electron chi connectivity index (χ0n) is 9.91. The highest BCUT2D eigenvalue weighted by atomic mass is 79.9. The van der Waals surface area contributed by atoms with Crippen molar-refractivity contribution in [2.75, 3.05) is 5.73 Å². The lowest BCUT2D eigenvalue weighted by Crippen LogP contribution is -2.00. The zero-order valence-corrected chi connectivity index (χ0v) is 11.5. The molecule has 0 radical (unpaired) electrons. The van der Waals surface area contributed by atoms with Gasteiger partial charge in [-0.25, -0.2) is 4.39 Å². The Bertz CT molecular complexity index is 572. The van der Waals surface area contributed by atoms with E-state index in [2.05, 4.69) is 15.9 Å². The molecule has 0 aliphatic rings. The second-order valence-corrected chi connectivity index (χ2v) is 4.87. The van der Waals surface area contributed by atoms with Crippen molar-refractivity contribution in [3.8, 4) is 5.75 Å². The molecule has 0 aliphatic carbocycles. The molecule has 0 spiro atoms. The number of hydrogen-bond acceptors (Lipinski definition) is 2. The average molecular weight is 310 g/mol. The number of ether oxygens (including phenoxy) is 1. The molecule has 0 bridgehead atoms. The van der Waals surface area contributed by atoms with Crippen LogP contribution in [-0.4, -0.2) is 0 Å². The van der Waals surface area contributed by atoms with E-state index >= 15 is 0 Å². The standard InChI is InChI=1S/C14H13BrFNO/c1-9-3-2-4-13(14(9)17)18-8-10-5-6-11(16)7-12(10)15/h2-7H,8,17H2,1H3. The highest BCUT2D eigenvalue weighted by molar-refractivity contribution is 9.10. The van der Waals surface area contributed by atoms with E-state index in [4.69, 9.17) is 10.5 Å². The van der Waals surface area contributed by atoms with E-state index in [-0.39, 0.29) is 5.82 Å². The van der Waals surface area contributed by atoms with Gasteiger partial charge in [0, 0.05) is 10.0 Å². The van der Waals surface area contributed by atoms with Crippen molar-refractivity contribution in [1.82, 2.24) is 0 Å². The van der Waals surface area contributed by atoms with Gasteiger partial charge in [0.05, 0.1) is 5.69 Å². The van der Waals surface area contributed by atoms with Crippen LogP contribution in [0.15, 0.2) is 40.9 Å². The van der Waals surface area contributed by atoms with Gasteiger partial charge in [-0.05, 0) is 30.7 Å². The highest BCUT2D eigenvalue weighted by Crippen LogP contribution is 2.26. The summed E-state index contributed by atoms with van der Waals surface area (Å²) in [5.41, 5.74) is 8.40. The van der Waals surface area contributed by atoms with Crippen LogP contribution in [0, 0.1) is 12.7 Å². The normalized spacial score (nSPS) is 10.4. The molecule has 94 valence electrons. The van der Waals surface area contributed by atoms with Crippen LogP contribution < -0.4 is 10.5 Å². The summed E-state index contributed by atoms with van der Waals surface area (Å²) in [4.78, 5) is 0. The smallest absolute Gasteiger partial charge is 0.142 e. The molecule has 0 aromatic heterocycles. The maximum atomic E-state index is 12.9. The minimum Gasteiger partial charge on any atom is -0.487 e. The maximum absolute atomic E-state index is 12.9. The molecule has 0 aliphatic heterocycles. The molecule has 0 fully saturated rings. The van der Waals surface area contributed by atoms with Gasteiger partial charge in [-0.15, -0.1) is 0 Å². The predicted octanol–water partition coefficient (Wildman–Crippen LogP) is 4.06. The summed E-state index contributed by atoms with van der Waals surface area (Å²) in [5, 5.41) is 0. The van der Waals surface area contributed by atoms with Crippen LogP contribution in [0.2, 0.25) is 0 Å². The first-order valence-corrected chi connectivity index (χ1v) is 6.29. The second kappa shape index (κ2) is 5.40. The number of benzene rings is 2. The van der Waals surface area contributed by atoms with Crippen LogP contribution in [0.4, 0.5) is 10.1 Å². The first-order valence-electron chi connectivity index (χ1n) is 5.50. The lowest BCUT2D eigenvalue weighted by molar-refractivity contribution is 0.307. The van der Waals surface area contributed by atoms with Crippen molar-refractivity contribution in [2.24, 2.45) is 0 Å². The van der Waals surface area contributed by atoms with Gasteiger partial charge in [0.2, 0.25) is 0 Å². The number of nitrogens with two attached hydrogens (primary N) is 1. The Morgan fingerprint density at radius 2 is 2.06 bits per heavy atom. The third-order valence-corrected chi connectivity index (χ3v) is 3.42. The topological polar surface area (TPSA) is 35.2 Å². The minimum atomic E-state index is -0.277. The third kappa shape index (κ3) is 2.82. The van der Waals surface area contributed by atoms with E-state index in [9.17, 15) is 4.39 Å². The summed E-state index contributed by atoms with van der Waals surface area (Å²) in [5.74, 6) is 0.368. The molecule has 2 aromatic carbocycles. The van der Waals surface area contributed by atoms with Crippen LogP contribution in [0.1, 0.15) is 11.1 Å². The number of halogens is 2. The number of rotatable bonds is 3. The van der Waals surface area contributed by atoms with Gasteiger partial charge in [-0.3, -0.25) is 0 Å². The highest BCUT2D eigenvalue weighted by Gasteiger charge is 2.05. The number of anilines is 1. The molecule has 0 atom stereocenters. The van der Waals surface area contributed by atoms with Crippen molar-refractivity contribution in [3.05, 3.63) is 57.8 Å². The molecule has 0 unspecified atom stereocenters. The number of nitrogen functional groups attached to an aromatic ring is 1. The van der Waals surface area contributed by atoms with E-state index in [1.54, 1.807) is 6.07 Å². The fraction of sp³-hybridized carbons (Fsp3) is 0.143. The molecule has 0 saturated heterocycles.